The van der Waals surface area contributed by atoms with E-state index < -0.39 is 0 Å². The van der Waals surface area contributed by atoms with Gasteiger partial charge in [-0.3, -0.25) is 9.59 Å². The van der Waals surface area contributed by atoms with E-state index in [0.717, 1.165) is 18.5 Å². The Morgan fingerprint density at radius 1 is 1.42 bits per heavy atom. The molecule has 1 aliphatic heterocycles. The number of ether oxygens (including phenoxy) is 1. The Labute approximate surface area is 142 Å². The van der Waals surface area contributed by atoms with E-state index >= 15 is 0 Å². The van der Waals surface area contributed by atoms with Gasteiger partial charge in [0.05, 0.1) is 18.2 Å². The van der Waals surface area contributed by atoms with Crippen molar-refractivity contribution in [1.29, 1.82) is 0 Å². The molecule has 0 bridgehead atoms. The fourth-order valence-electron chi connectivity index (χ4n) is 3.24. The molecule has 1 saturated carbocycles. The van der Waals surface area contributed by atoms with E-state index in [2.05, 4.69) is 5.32 Å². The highest BCUT2D eigenvalue weighted by Crippen LogP contribution is 2.34. The fraction of sp³-hybridized carbons (Fsp3) is 0.556. The van der Waals surface area contributed by atoms with Crippen molar-refractivity contribution in [2.45, 2.75) is 32.2 Å². The molecule has 1 aromatic carbocycles. The van der Waals surface area contributed by atoms with Gasteiger partial charge in [0.2, 0.25) is 11.8 Å². The minimum Gasteiger partial charge on any atom is -0.492 e. The van der Waals surface area contributed by atoms with Gasteiger partial charge in [0.15, 0.2) is 0 Å². The maximum atomic E-state index is 12.5. The second-order valence-corrected chi connectivity index (χ2v) is 6.49. The Bertz CT molecular complexity index is 615. The number of amides is 2. The fourth-order valence-corrected chi connectivity index (χ4v) is 3.24. The lowest BCUT2D eigenvalue weighted by Gasteiger charge is -2.21. The predicted molar refractivity (Wildman–Crippen MR) is 91.8 cm³/mol. The zero-order valence-corrected chi connectivity index (χ0v) is 14.0. The number of benzene rings is 1. The standard InChI is InChI=1S/C18H25N3O3/c1-2-24-16-6-4-3-5-15(16)21-11-13(9-17(21)22)18(23)20-14(10-19)12-7-8-12/h3-6,12-14H,2,7-11,19H2,1H3,(H,20,23). The molecule has 2 unspecified atom stereocenters. The average Bonchev–Trinajstić information content (AvgIpc) is 3.35. The molecule has 130 valence electrons. The predicted octanol–water partition coefficient (Wildman–Crippen LogP) is 1.29. The first-order valence-corrected chi connectivity index (χ1v) is 8.66. The first kappa shape index (κ1) is 16.8. The summed E-state index contributed by atoms with van der Waals surface area (Å²) in [5.41, 5.74) is 6.48. The summed E-state index contributed by atoms with van der Waals surface area (Å²) in [6.07, 6.45) is 2.48. The van der Waals surface area contributed by atoms with Crippen molar-refractivity contribution in [3.63, 3.8) is 0 Å². The lowest BCUT2D eigenvalue weighted by molar-refractivity contribution is -0.127. The maximum absolute atomic E-state index is 12.5. The molecule has 1 aliphatic carbocycles. The normalized spacial score (nSPS) is 21.7. The van der Waals surface area contributed by atoms with Crippen LogP contribution in [0.2, 0.25) is 0 Å². The number of rotatable bonds is 7. The number of anilines is 1. The van der Waals surface area contributed by atoms with E-state index in [4.69, 9.17) is 10.5 Å². The number of para-hydroxylation sites is 2. The summed E-state index contributed by atoms with van der Waals surface area (Å²) in [6.45, 7) is 3.27. The lowest BCUT2D eigenvalue weighted by atomic mass is 10.1. The van der Waals surface area contributed by atoms with Crippen LogP contribution in [-0.4, -0.2) is 37.6 Å². The maximum Gasteiger partial charge on any atom is 0.227 e. The first-order valence-electron chi connectivity index (χ1n) is 8.66. The third kappa shape index (κ3) is 3.53. The first-order chi connectivity index (χ1) is 11.6. The van der Waals surface area contributed by atoms with Gasteiger partial charge in [-0.25, -0.2) is 0 Å². The van der Waals surface area contributed by atoms with E-state index in [9.17, 15) is 9.59 Å². The van der Waals surface area contributed by atoms with Crippen LogP contribution in [0, 0.1) is 11.8 Å². The summed E-state index contributed by atoms with van der Waals surface area (Å²) >= 11 is 0. The van der Waals surface area contributed by atoms with Crippen molar-refractivity contribution < 1.29 is 14.3 Å². The number of nitrogens with one attached hydrogen (secondary N) is 1. The third-order valence-electron chi connectivity index (χ3n) is 4.72. The topological polar surface area (TPSA) is 84.7 Å². The van der Waals surface area contributed by atoms with Gasteiger partial charge in [-0.15, -0.1) is 0 Å². The largest absolute Gasteiger partial charge is 0.492 e. The molecule has 1 aromatic rings. The summed E-state index contributed by atoms with van der Waals surface area (Å²) in [6, 6.07) is 7.49. The molecule has 3 N–H and O–H groups in total. The van der Waals surface area contributed by atoms with Crippen LogP contribution >= 0.6 is 0 Å². The monoisotopic (exact) mass is 331 g/mol. The van der Waals surface area contributed by atoms with Gasteiger partial charge in [-0.05, 0) is 37.8 Å². The Morgan fingerprint density at radius 2 is 2.17 bits per heavy atom. The molecular weight excluding hydrogens is 306 g/mol. The molecule has 2 aliphatic rings. The SMILES string of the molecule is CCOc1ccccc1N1CC(C(=O)NC(CN)C2CC2)CC1=O. The molecule has 24 heavy (non-hydrogen) atoms. The van der Waals surface area contributed by atoms with E-state index in [-0.39, 0.29) is 30.2 Å². The minimum atomic E-state index is -0.333. The van der Waals surface area contributed by atoms with Gasteiger partial charge in [0.25, 0.3) is 0 Å². The average molecular weight is 331 g/mol. The van der Waals surface area contributed by atoms with E-state index in [0.29, 0.717) is 31.4 Å². The molecule has 2 amide bonds. The molecule has 6 heteroatoms. The van der Waals surface area contributed by atoms with Crippen molar-refractivity contribution in [2.75, 3.05) is 24.6 Å². The van der Waals surface area contributed by atoms with Crippen LogP contribution in [0.3, 0.4) is 0 Å². The van der Waals surface area contributed by atoms with Crippen LogP contribution in [0.1, 0.15) is 26.2 Å². The molecule has 0 aromatic heterocycles. The van der Waals surface area contributed by atoms with Crippen molar-refractivity contribution in [2.24, 2.45) is 17.6 Å². The minimum absolute atomic E-state index is 0.0392. The summed E-state index contributed by atoms with van der Waals surface area (Å²) < 4.78 is 5.60. The summed E-state index contributed by atoms with van der Waals surface area (Å²) in [5.74, 6) is 0.734. The van der Waals surface area contributed by atoms with Crippen molar-refractivity contribution in [1.82, 2.24) is 5.32 Å². The molecule has 1 saturated heterocycles. The van der Waals surface area contributed by atoms with Crippen LogP contribution in [0.4, 0.5) is 5.69 Å². The Morgan fingerprint density at radius 3 is 2.83 bits per heavy atom. The Kier molecular flexibility index (Phi) is 5.04. The van der Waals surface area contributed by atoms with Crippen LogP contribution in [-0.2, 0) is 9.59 Å². The molecule has 3 rings (SSSR count). The number of hydrogen-bond donors (Lipinski definition) is 2. The zero-order chi connectivity index (χ0) is 17.1. The molecule has 0 spiro atoms. The number of nitrogens with two attached hydrogens (primary N) is 1. The van der Waals surface area contributed by atoms with Crippen LogP contribution < -0.4 is 20.7 Å². The van der Waals surface area contributed by atoms with E-state index in [1.54, 1.807) is 4.90 Å². The van der Waals surface area contributed by atoms with Gasteiger partial charge in [-0.1, -0.05) is 12.1 Å². The van der Waals surface area contributed by atoms with Gasteiger partial charge >= 0.3 is 0 Å². The van der Waals surface area contributed by atoms with Gasteiger partial charge in [-0.2, -0.15) is 0 Å². The summed E-state index contributed by atoms with van der Waals surface area (Å²) in [4.78, 5) is 26.6. The molecule has 2 fully saturated rings. The second kappa shape index (κ2) is 7.21. The van der Waals surface area contributed by atoms with Crippen LogP contribution in [0.15, 0.2) is 24.3 Å². The number of carbonyl (C=O) groups is 2. The summed E-state index contributed by atoms with van der Waals surface area (Å²) in [5, 5.41) is 3.03. The van der Waals surface area contributed by atoms with E-state index in [1.807, 2.05) is 31.2 Å². The second-order valence-electron chi connectivity index (χ2n) is 6.49. The third-order valence-corrected chi connectivity index (χ3v) is 4.72. The molecule has 0 radical (unpaired) electrons. The highest BCUT2D eigenvalue weighted by molar-refractivity contribution is 6.01. The Balaban J connectivity index is 1.68. The number of carbonyl (C=O) groups excluding carboxylic acids is 2. The number of nitrogens with zero attached hydrogens (tertiary/aromatic N) is 1. The van der Waals surface area contributed by atoms with E-state index in [1.165, 1.54) is 0 Å². The molecule has 2 atom stereocenters. The van der Waals surface area contributed by atoms with Crippen molar-refractivity contribution in [3.05, 3.63) is 24.3 Å². The van der Waals surface area contributed by atoms with Crippen LogP contribution in [0.25, 0.3) is 0 Å². The van der Waals surface area contributed by atoms with Crippen molar-refractivity contribution in [3.8, 4) is 5.75 Å². The highest BCUT2D eigenvalue weighted by Gasteiger charge is 2.38. The summed E-state index contributed by atoms with van der Waals surface area (Å²) in [7, 11) is 0. The smallest absolute Gasteiger partial charge is 0.227 e. The zero-order valence-electron chi connectivity index (χ0n) is 14.0. The van der Waals surface area contributed by atoms with Crippen LogP contribution in [0.5, 0.6) is 5.75 Å². The quantitative estimate of drug-likeness (QED) is 0.788. The molecule has 1 heterocycles. The Hall–Kier alpha value is -2.08. The molecular formula is C18H25N3O3. The van der Waals surface area contributed by atoms with Crippen molar-refractivity contribution >= 4 is 17.5 Å². The van der Waals surface area contributed by atoms with Gasteiger partial charge in [0, 0.05) is 25.6 Å². The molecule has 6 nitrogen and oxygen atoms in total. The lowest BCUT2D eigenvalue weighted by Crippen LogP contribution is -2.45. The van der Waals surface area contributed by atoms with Gasteiger partial charge in [0.1, 0.15) is 5.75 Å². The highest BCUT2D eigenvalue weighted by atomic mass is 16.5. The number of hydrogen-bond acceptors (Lipinski definition) is 4. The van der Waals surface area contributed by atoms with Gasteiger partial charge < -0.3 is 20.7 Å².